The van der Waals surface area contributed by atoms with E-state index >= 15 is 0 Å². The predicted molar refractivity (Wildman–Crippen MR) is 169 cm³/mol. The summed E-state index contributed by atoms with van der Waals surface area (Å²) in [7, 11) is 4.76. The lowest BCUT2D eigenvalue weighted by Crippen LogP contribution is -2.37. The molecule has 2 N–H and O–H groups in total. The van der Waals surface area contributed by atoms with E-state index in [4.69, 9.17) is 19.2 Å². The fraction of sp³-hybridized carbons (Fsp3) is 0.636. The molecule has 3 aliphatic rings. The molecule has 43 heavy (non-hydrogen) atoms. The lowest BCUT2D eigenvalue weighted by molar-refractivity contribution is -0.143. The van der Waals surface area contributed by atoms with Crippen LogP contribution in [0.3, 0.4) is 0 Å². The lowest BCUT2D eigenvalue weighted by atomic mass is 9.83. The maximum atomic E-state index is 14.5. The summed E-state index contributed by atoms with van der Waals surface area (Å²) in [6.07, 6.45) is 8.78. The van der Waals surface area contributed by atoms with Crippen LogP contribution in [0.5, 0.6) is 11.5 Å². The van der Waals surface area contributed by atoms with Gasteiger partial charge in [-0.1, -0.05) is 13.3 Å². The summed E-state index contributed by atoms with van der Waals surface area (Å²) < 4.78 is 31.7. The Morgan fingerprint density at radius 1 is 1.28 bits per heavy atom. The number of unbranched alkanes of at least 4 members (excludes halogenated alkanes) is 1. The van der Waals surface area contributed by atoms with E-state index in [0.717, 1.165) is 81.6 Å². The number of nitrogens with one attached hydrogen (secondary N) is 1. The molecule has 8 nitrogen and oxygen atoms in total. The third kappa shape index (κ3) is 7.79. The van der Waals surface area contributed by atoms with Gasteiger partial charge in [-0.25, -0.2) is 9.37 Å². The highest BCUT2D eigenvalue weighted by atomic mass is 31.0. The molecule has 1 aromatic carbocycles. The minimum absolute atomic E-state index is 0.0635. The average molecular weight is 616 g/mol. The summed E-state index contributed by atoms with van der Waals surface area (Å²) in [5.74, 6) is 1.27. The van der Waals surface area contributed by atoms with E-state index in [1.807, 2.05) is 4.90 Å². The number of aliphatic carboxylic acids is 1. The van der Waals surface area contributed by atoms with E-state index in [2.05, 4.69) is 27.5 Å². The zero-order valence-corrected chi connectivity index (χ0v) is 26.7. The second kappa shape index (κ2) is 14.5. The van der Waals surface area contributed by atoms with Gasteiger partial charge < -0.3 is 24.6 Å². The molecule has 236 valence electrons. The predicted octanol–water partition coefficient (Wildman–Crippen LogP) is 5.89. The van der Waals surface area contributed by atoms with E-state index in [1.165, 1.54) is 17.7 Å². The molecular weight excluding hydrogens is 568 g/mol. The van der Waals surface area contributed by atoms with Gasteiger partial charge in [-0.3, -0.25) is 9.69 Å². The molecule has 0 aliphatic carbocycles. The van der Waals surface area contributed by atoms with Crippen molar-refractivity contribution in [2.45, 2.75) is 76.4 Å². The number of benzene rings is 1. The summed E-state index contributed by atoms with van der Waals surface area (Å²) in [6.45, 7) is 6.36. The summed E-state index contributed by atoms with van der Waals surface area (Å²) >= 11 is 0. The number of carboxylic acid groups (broad SMARTS) is 1. The van der Waals surface area contributed by atoms with Gasteiger partial charge in [0.2, 0.25) is 0 Å². The smallest absolute Gasteiger partial charge is 0.325 e. The topological polar surface area (TPSA) is 93.2 Å². The molecule has 2 aromatic rings. The van der Waals surface area contributed by atoms with Gasteiger partial charge in [0.15, 0.2) is 0 Å². The Morgan fingerprint density at radius 2 is 2.09 bits per heavy atom. The van der Waals surface area contributed by atoms with Crippen molar-refractivity contribution in [2.24, 2.45) is 11.3 Å². The molecule has 2 saturated heterocycles. The largest absolute Gasteiger partial charge is 0.496 e. The SMILES string of the molecule is COc1cc(CCCCC(P)[C@]2(C)CCN(C(C(=O)O)c3cc(F)ccc3OCC3CCOCC3)C2)nc2c1CCCN2. The summed E-state index contributed by atoms with van der Waals surface area (Å²) in [5, 5.41) is 13.8. The van der Waals surface area contributed by atoms with Crippen LogP contribution in [0.15, 0.2) is 24.3 Å². The quantitative estimate of drug-likeness (QED) is 0.213. The zero-order valence-electron chi connectivity index (χ0n) is 25.6. The van der Waals surface area contributed by atoms with E-state index < -0.39 is 17.8 Å². The molecular formula is C33H47FN3O5P. The van der Waals surface area contributed by atoms with E-state index in [0.29, 0.717) is 55.8 Å². The van der Waals surface area contributed by atoms with Crippen LogP contribution in [0.25, 0.3) is 0 Å². The highest BCUT2D eigenvalue weighted by molar-refractivity contribution is 7.17. The molecule has 0 bridgehead atoms. The molecule has 4 atom stereocenters. The van der Waals surface area contributed by atoms with Gasteiger partial charge in [-0.05, 0) is 93.1 Å². The molecule has 3 unspecified atom stereocenters. The van der Waals surface area contributed by atoms with Crippen LogP contribution < -0.4 is 14.8 Å². The third-order valence-corrected chi connectivity index (χ3v) is 10.7. The Balaban J connectivity index is 1.18. The third-order valence-electron chi connectivity index (χ3n) is 9.56. The molecule has 0 spiro atoms. The summed E-state index contributed by atoms with van der Waals surface area (Å²) in [4.78, 5) is 19.5. The van der Waals surface area contributed by atoms with Crippen LogP contribution in [-0.2, 0) is 22.4 Å². The van der Waals surface area contributed by atoms with Crippen LogP contribution in [0, 0.1) is 17.2 Å². The number of rotatable bonds is 13. The Morgan fingerprint density at radius 3 is 2.86 bits per heavy atom. The number of hydrogen-bond acceptors (Lipinski definition) is 7. The Kier molecular flexibility index (Phi) is 10.8. The number of carboxylic acids is 1. The Labute approximate surface area is 257 Å². The van der Waals surface area contributed by atoms with Crippen molar-refractivity contribution in [1.29, 1.82) is 0 Å². The fourth-order valence-electron chi connectivity index (χ4n) is 6.80. The van der Waals surface area contributed by atoms with E-state index in [-0.39, 0.29) is 5.41 Å². The van der Waals surface area contributed by atoms with E-state index in [9.17, 15) is 14.3 Å². The lowest BCUT2D eigenvalue weighted by Gasteiger charge is -2.33. The highest BCUT2D eigenvalue weighted by Gasteiger charge is 2.43. The van der Waals surface area contributed by atoms with Crippen LogP contribution in [0.1, 0.15) is 74.7 Å². The number of likely N-dealkylation sites (tertiary alicyclic amines) is 1. The number of pyridine rings is 1. The molecule has 0 saturated carbocycles. The maximum Gasteiger partial charge on any atom is 0.325 e. The number of carbonyl (C=O) groups is 1. The number of aromatic nitrogens is 1. The molecule has 2 fully saturated rings. The van der Waals surface area contributed by atoms with Crippen molar-refractivity contribution in [3.8, 4) is 11.5 Å². The number of aryl methyl sites for hydroxylation is 1. The number of ether oxygens (including phenoxy) is 3. The van der Waals surface area contributed by atoms with Crippen LogP contribution in [-0.4, -0.2) is 73.2 Å². The van der Waals surface area contributed by atoms with Crippen LogP contribution in [0.2, 0.25) is 0 Å². The van der Waals surface area contributed by atoms with Crippen molar-refractivity contribution in [1.82, 2.24) is 9.88 Å². The maximum absolute atomic E-state index is 14.5. The highest BCUT2D eigenvalue weighted by Crippen LogP contribution is 2.44. The molecule has 1 aromatic heterocycles. The first-order valence-electron chi connectivity index (χ1n) is 15.8. The molecule has 0 amide bonds. The van der Waals surface area contributed by atoms with Gasteiger partial charge in [0.25, 0.3) is 0 Å². The number of methoxy groups -OCH3 is 1. The minimum Gasteiger partial charge on any atom is -0.496 e. The number of anilines is 1. The second-order valence-corrected chi connectivity index (χ2v) is 13.5. The normalized spacial score (nSPS) is 22.4. The van der Waals surface area contributed by atoms with Crippen molar-refractivity contribution in [2.75, 3.05) is 51.9 Å². The van der Waals surface area contributed by atoms with E-state index in [1.54, 1.807) is 13.2 Å². The van der Waals surface area contributed by atoms with Crippen molar-refractivity contribution in [3.05, 3.63) is 46.9 Å². The average Bonchev–Trinajstić information content (AvgIpc) is 3.41. The van der Waals surface area contributed by atoms with Gasteiger partial charge in [0, 0.05) is 49.2 Å². The van der Waals surface area contributed by atoms with Crippen LogP contribution in [0.4, 0.5) is 10.2 Å². The number of nitrogens with zero attached hydrogens (tertiary/aromatic N) is 2. The Bertz CT molecular complexity index is 1240. The minimum atomic E-state index is -0.978. The van der Waals surface area contributed by atoms with Crippen LogP contribution >= 0.6 is 9.24 Å². The molecule has 10 heteroatoms. The first kappa shape index (κ1) is 31.9. The van der Waals surface area contributed by atoms with Gasteiger partial charge in [0.05, 0.1) is 13.7 Å². The van der Waals surface area contributed by atoms with Gasteiger partial charge >= 0.3 is 5.97 Å². The first-order valence-corrected chi connectivity index (χ1v) is 16.5. The fourth-order valence-corrected chi connectivity index (χ4v) is 7.31. The molecule has 3 aliphatic heterocycles. The number of fused-ring (bicyclic) bond motifs is 1. The molecule has 5 rings (SSSR count). The molecule has 4 heterocycles. The standard InChI is InChI=1S/C33H47FN3O5P/c1-33(29(43)8-4-3-6-24-19-28(40-2)25-7-5-14-35-31(25)36-24)13-15-37(21-33)30(32(38)39)26-18-23(34)9-10-27(26)42-20-22-11-16-41-17-12-22/h9-10,18-19,22,29-30H,3-8,11-17,20-21,43H2,1-2H3,(H,35,36)(H,38,39)/t29?,30?,33-/m1/s1. The summed E-state index contributed by atoms with van der Waals surface area (Å²) in [6, 6.07) is 5.39. The van der Waals surface area contributed by atoms with Gasteiger partial charge in [-0.2, -0.15) is 0 Å². The number of halogens is 1. The zero-order chi connectivity index (χ0) is 30.4. The second-order valence-electron chi connectivity index (χ2n) is 12.7. The van der Waals surface area contributed by atoms with Gasteiger partial charge in [-0.15, -0.1) is 9.24 Å². The van der Waals surface area contributed by atoms with Crippen molar-refractivity contribution in [3.63, 3.8) is 0 Å². The number of hydrogen-bond donors (Lipinski definition) is 2. The first-order chi connectivity index (χ1) is 20.8. The molecule has 0 radical (unpaired) electrons. The Hall–Kier alpha value is -2.48. The van der Waals surface area contributed by atoms with Gasteiger partial charge in [0.1, 0.15) is 29.2 Å². The monoisotopic (exact) mass is 615 g/mol. The summed E-state index contributed by atoms with van der Waals surface area (Å²) in [5.41, 5.74) is 2.89. The van der Waals surface area contributed by atoms with Crippen molar-refractivity contribution < 1.29 is 28.5 Å². The van der Waals surface area contributed by atoms with Crippen molar-refractivity contribution >= 4 is 21.0 Å².